The van der Waals surface area contributed by atoms with E-state index in [2.05, 4.69) is 22.0 Å². The second-order valence-corrected chi connectivity index (χ2v) is 7.65. The molecule has 0 N–H and O–H groups in total. The van der Waals surface area contributed by atoms with Gasteiger partial charge in [0.15, 0.2) is 0 Å². The third kappa shape index (κ3) is 2.94. The molecule has 1 aliphatic rings. The van der Waals surface area contributed by atoms with E-state index in [1.807, 2.05) is 31.3 Å². The third-order valence-corrected chi connectivity index (χ3v) is 6.12. The number of hydrogen-bond donors (Lipinski definition) is 0. The zero-order valence-electron chi connectivity index (χ0n) is 12.8. The lowest BCUT2D eigenvalue weighted by molar-refractivity contribution is 0.384. The van der Waals surface area contributed by atoms with Crippen LogP contribution in [0.4, 0.5) is 5.82 Å². The second-order valence-electron chi connectivity index (χ2n) is 5.56. The van der Waals surface area contributed by atoms with E-state index in [-0.39, 0.29) is 5.75 Å². The minimum Gasteiger partial charge on any atom is -0.353 e. The molecule has 0 atom stereocenters. The van der Waals surface area contributed by atoms with Crippen LogP contribution in [0.3, 0.4) is 0 Å². The summed E-state index contributed by atoms with van der Waals surface area (Å²) in [5, 5.41) is 2.28. The van der Waals surface area contributed by atoms with E-state index in [9.17, 15) is 8.42 Å². The van der Waals surface area contributed by atoms with Gasteiger partial charge in [-0.15, -0.1) is 0 Å². The molecule has 0 saturated carbocycles. The molecule has 0 aliphatic carbocycles. The number of aromatic nitrogens is 1. The Morgan fingerprint density at radius 1 is 1.09 bits per heavy atom. The van der Waals surface area contributed by atoms with Crippen LogP contribution in [-0.2, 0) is 10.0 Å². The molecule has 2 heterocycles. The first-order chi connectivity index (χ1) is 10.6. The standard InChI is InChI=1S/C16H21N3O2S/c1-2-13-22(20,21)19-11-9-18(10-12-19)16-15-6-4-3-5-14(15)7-8-17-16/h3-8H,2,9-13H2,1H3. The van der Waals surface area contributed by atoms with Crippen LogP contribution < -0.4 is 4.90 Å². The fourth-order valence-electron chi connectivity index (χ4n) is 2.92. The summed E-state index contributed by atoms with van der Waals surface area (Å²) in [7, 11) is -3.10. The van der Waals surface area contributed by atoms with E-state index in [4.69, 9.17) is 0 Å². The van der Waals surface area contributed by atoms with Crippen LogP contribution in [0.25, 0.3) is 10.8 Å². The van der Waals surface area contributed by atoms with Crippen LogP contribution in [0, 0.1) is 0 Å². The number of sulfonamides is 1. The maximum atomic E-state index is 12.1. The van der Waals surface area contributed by atoms with E-state index in [1.165, 1.54) is 0 Å². The van der Waals surface area contributed by atoms with Crippen LogP contribution in [0.1, 0.15) is 13.3 Å². The molecule has 118 valence electrons. The van der Waals surface area contributed by atoms with Crippen molar-refractivity contribution in [2.45, 2.75) is 13.3 Å². The Morgan fingerprint density at radius 2 is 1.82 bits per heavy atom. The number of nitrogens with zero attached hydrogens (tertiary/aromatic N) is 3. The van der Waals surface area contributed by atoms with E-state index < -0.39 is 10.0 Å². The molecule has 3 rings (SSSR count). The van der Waals surface area contributed by atoms with Gasteiger partial charge in [0.2, 0.25) is 10.0 Å². The summed E-state index contributed by atoms with van der Waals surface area (Å²) >= 11 is 0. The van der Waals surface area contributed by atoms with Gasteiger partial charge in [-0.3, -0.25) is 0 Å². The quantitative estimate of drug-likeness (QED) is 0.866. The molecule has 1 aromatic heterocycles. The van der Waals surface area contributed by atoms with Crippen LogP contribution in [0.5, 0.6) is 0 Å². The van der Waals surface area contributed by atoms with Gasteiger partial charge in [-0.05, 0) is 17.9 Å². The van der Waals surface area contributed by atoms with Gasteiger partial charge in [0, 0.05) is 37.8 Å². The highest BCUT2D eigenvalue weighted by Crippen LogP contribution is 2.25. The molecule has 5 nitrogen and oxygen atoms in total. The predicted molar refractivity (Wildman–Crippen MR) is 89.6 cm³/mol. The average Bonchev–Trinajstić information content (AvgIpc) is 2.54. The molecule has 0 spiro atoms. The highest BCUT2D eigenvalue weighted by molar-refractivity contribution is 7.89. The molecule has 0 unspecified atom stereocenters. The van der Waals surface area contributed by atoms with Gasteiger partial charge in [0.25, 0.3) is 0 Å². The highest BCUT2D eigenvalue weighted by atomic mass is 32.2. The van der Waals surface area contributed by atoms with Crippen molar-refractivity contribution in [3.63, 3.8) is 0 Å². The van der Waals surface area contributed by atoms with E-state index in [0.717, 1.165) is 16.6 Å². The molecule has 1 aromatic carbocycles. The smallest absolute Gasteiger partial charge is 0.214 e. The van der Waals surface area contributed by atoms with Crippen molar-refractivity contribution in [1.82, 2.24) is 9.29 Å². The minimum absolute atomic E-state index is 0.236. The number of benzene rings is 1. The SMILES string of the molecule is CCCS(=O)(=O)N1CCN(c2nccc3ccccc23)CC1. The van der Waals surface area contributed by atoms with Crippen molar-refractivity contribution < 1.29 is 8.42 Å². The number of rotatable bonds is 4. The molecule has 0 amide bonds. The van der Waals surface area contributed by atoms with Crippen molar-refractivity contribution in [3.8, 4) is 0 Å². The molecule has 0 bridgehead atoms. The Morgan fingerprint density at radius 3 is 2.55 bits per heavy atom. The Bertz CT molecular complexity index is 748. The lowest BCUT2D eigenvalue weighted by atomic mass is 10.1. The minimum atomic E-state index is -3.10. The molecular weight excluding hydrogens is 298 g/mol. The van der Waals surface area contributed by atoms with Crippen molar-refractivity contribution in [1.29, 1.82) is 0 Å². The van der Waals surface area contributed by atoms with Gasteiger partial charge in [-0.1, -0.05) is 31.2 Å². The number of hydrogen-bond acceptors (Lipinski definition) is 4. The molecular formula is C16H21N3O2S. The van der Waals surface area contributed by atoms with Gasteiger partial charge in [0.05, 0.1) is 5.75 Å². The maximum absolute atomic E-state index is 12.1. The first-order valence-electron chi connectivity index (χ1n) is 7.68. The summed E-state index contributed by atoms with van der Waals surface area (Å²) in [4.78, 5) is 6.69. The summed E-state index contributed by atoms with van der Waals surface area (Å²) < 4.78 is 25.9. The Hall–Kier alpha value is -1.66. The fraction of sp³-hybridized carbons (Fsp3) is 0.438. The third-order valence-electron chi connectivity index (χ3n) is 4.05. The Balaban J connectivity index is 1.79. The molecule has 0 radical (unpaired) electrons. The second kappa shape index (κ2) is 6.22. The van der Waals surface area contributed by atoms with Crippen molar-refractivity contribution in [3.05, 3.63) is 36.5 Å². The zero-order valence-corrected chi connectivity index (χ0v) is 13.6. The first-order valence-corrected chi connectivity index (χ1v) is 9.29. The summed E-state index contributed by atoms with van der Waals surface area (Å²) in [5.74, 6) is 1.19. The first kappa shape index (κ1) is 15.2. The molecule has 22 heavy (non-hydrogen) atoms. The van der Waals surface area contributed by atoms with E-state index >= 15 is 0 Å². The topological polar surface area (TPSA) is 53.5 Å². The summed E-state index contributed by atoms with van der Waals surface area (Å²) in [6.07, 6.45) is 2.48. The predicted octanol–water partition coefficient (Wildman–Crippen LogP) is 2.10. The summed E-state index contributed by atoms with van der Waals surface area (Å²) in [6.45, 7) is 4.34. The van der Waals surface area contributed by atoms with Gasteiger partial charge in [-0.25, -0.2) is 13.4 Å². The number of anilines is 1. The van der Waals surface area contributed by atoms with Crippen LogP contribution >= 0.6 is 0 Å². The Labute approximate surface area is 131 Å². The van der Waals surface area contributed by atoms with Gasteiger partial charge < -0.3 is 4.90 Å². The monoisotopic (exact) mass is 319 g/mol. The highest BCUT2D eigenvalue weighted by Gasteiger charge is 2.27. The van der Waals surface area contributed by atoms with Crippen molar-refractivity contribution >= 4 is 26.6 Å². The van der Waals surface area contributed by atoms with Gasteiger partial charge in [0.1, 0.15) is 5.82 Å². The molecule has 2 aromatic rings. The fourth-order valence-corrected chi connectivity index (χ4v) is 4.41. The van der Waals surface area contributed by atoms with Gasteiger partial charge in [-0.2, -0.15) is 4.31 Å². The van der Waals surface area contributed by atoms with Crippen LogP contribution in [-0.4, -0.2) is 49.6 Å². The number of pyridine rings is 1. The molecule has 1 fully saturated rings. The lowest BCUT2D eigenvalue weighted by Gasteiger charge is -2.35. The van der Waals surface area contributed by atoms with Crippen LogP contribution in [0.2, 0.25) is 0 Å². The Kier molecular flexibility index (Phi) is 4.31. The van der Waals surface area contributed by atoms with Crippen molar-refractivity contribution in [2.75, 3.05) is 36.8 Å². The molecule has 6 heteroatoms. The molecule has 1 aliphatic heterocycles. The summed E-state index contributed by atoms with van der Waals surface area (Å²) in [6, 6.07) is 10.2. The van der Waals surface area contributed by atoms with E-state index in [0.29, 0.717) is 32.6 Å². The molecule has 1 saturated heterocycles. The lowest BCUT2D eigenvalue weighted by Crippen LogP contribution is -2.49. The maximum Gasteiger partial charge on any atom is 0.214 e. The number of fused-ring (bicyclic) bond motifs is 1. The number of piperazine rings is 1. The zero-order chi connectivity index (χ0) is 15.6. The van der Waals surface area contributed by atoms with E-state index in [1.54, 1.807) is 4.31 Å². The van der Waals surface area contributed by atoms with Crippen molar-refractivity contribution in [2.24, 2.45) is 0 Å². The largest absolute Gasteiger partial charge is 0.353 e. The average molecular weight is 319 g/mol. The summed E-state index contributed by atoms with van der Waals surface area (Å²) in [5.41, 5.74) is 0. The normalized spacial score (nSPS) is 17.0. The van der Waals surface area contributed by atoms with Gasteiger partial charge >= 0.3 is 0 Å². The van der Waals surface area contributed by atoms with Crippen LogP contribution in [0.15, 0.2) is 36.5 Å².